The number of rotatable bonds is 1. The Labute approximate surface area is 119 Å². The molecule has 4 aromatic rings. The average Bonchev–Trinajstić information content (AvgIpc) is 2.53. The van der Waals surface area contributed by atoms with E-state index < -0.39 is 0 Å². The monoisotopic (exact) mass is 254 g/mol. The largest absolute Gasteiger partial charge is 1.00 e. The van der Waals surface area contributed by atoms with Gasteiger partial charge < -0.3 is 0 Å². The molecule has 20 heavy (non-hydrogen) atoms. The van der Waals surface area contributed by atoms with Crippen molar-refractivity contribution in [3.05, 3.63) is 84.9 Å². The Hall–Kier alpha value is -2.60. The first-order chi connectivity index (χ1) is 9.92. The standard InChI is InChI=1S/C20H13/c1-2-7-15(8-3-1)19-12-6-11-18-13-16-9-4-5-10-17(16)14-20(18)19/h2-14H/p+1. The molecule has 0 spiro atoms. The number of hydrogen-bond donors (Lipinski definition) is 0. The van der Waals surface area contributed by atoms with E-state index in [9.17, 15) is 0 Å². The third kappa shape index (κ3) is 1.78. The van der Waals surface area contributed by atoms with Crippen molar-refractivity contribution in [1.82, 2.24) is 0 Å². The minimum atomic E-state index is 0. The highest BCUT2D eigenvalue weighted by molar-refractivity contribution is 6.04. The molecule has 0 aliphatic rings. The SMILES string of the molecule is [H+].[c]1ccc(-c2cccc3cc4ccccc4cc23)cc1. The maximum Gasteiger partial charge on any atom is 1.00 e. The zero-order valence-corrected chi connectivity index (χ0v) is 11.0. The molecule has 0 saturated carbocycles. The van der Waals surface area contributed by atoms with E-state index in [0.29, 0.717) is 0 Å². The smallest absolute Gasteiger partial charge is 0.0616 e. The van der Waals surface area contributed by atoms with Crippen molar-refractivity contribution in [2.75, 3.05) is 0 Å². The van der Waals surface area contributed by atoms with Crippen LogP contribution in [0.4, 0.5) is 0 Å². The van der Waals surface area contributed by atoms with Gasteiger partial charge in [-0.2, -0.15) is 0 Å². The molecule has 0 amide bonds. The number of fused-ring (bicyclic) bond motifs is 2. The summed E-state index contributed by atoms with van der Waals surface area (Å²) in [6, 6.07) is 30.8. The predicted octanol–water partition coefficient (Wildman–Crippen LogP) is 5.57. The van der Waals surface area contributed by atoms with E-state index in [-0.39, 0.29) is 1.43 Å². The lowest BCUT2D eigenvalue weighted by molar-refractivity contribution is 1.65. The minimum Gasteiger partial charge on any atom is -0.0616 e. The molecule has 0 aliphatic carbocycles. The first kappa shape index (κ1) is 11.2. The third-order valence-corrected chi connectivity index (χ3v) is 3.78. The Morgan fingerprint density at radius 3 is 2.15 bits per heavy atom. The molecule has 0 heterocycles. The van der Waals surface area contributed by atoms with Gasteiger partial charge in [-0.05, 0) is 50.9 Å². The Balaban J connectivity index is 0.00000132. The summed E-state index contributed by atoms with van der Waals surface area (Å²) in [5.74, 6) is 0. The van der Waals surface area contributed by atoms with Gasteiger partial charge in [0.05, 0.1) is 0 Å². The van der Waals surface area contributed by atoms with Gasteiger partial charge in [-0.3, -0.25) is 0 Å². The maximum absolute atomic E-state index is 3.08. The second-order valence-electron chi connectivity index (χ2n) is 5.01. The molecule has 93 valence electrons. The summed E-state index contributed by atoms with van der Waals surface area (Å²) in [7, 11) is 0. The average molecular weight is 254 g/mol. The van der Waals surface area contributed by atoms with Gasteiger partial charge >= 0.3 is 1.43 Å². The van der Waals surface area contributed by atoms with Crippen LogP contribution in [-0.4, -0.2) is 0 Å². The van der Waals surface area contributed by atoms with Crippen LogP contribution in [0.3, 0.4) is 0 Å². The van der Waals surface area contributed by atoms with Gasteiger partial charge in [-0.25, -0.2) is 0 Å². The van der Waals surface area contributed by atoms with Gasteiger partial charge in [0, 0.05) is 0 Å². The van der Waals surface area contributed by atoms with Crippen molar-refractivity contribution in [3.8, 4) is 11.1 Å². The van der Waals surface area contributed by atoms with Crippen LogP contribution in [0.25, 0.3) is 32.7 Å². The molecule has 0 bridgehead atoms. The normalized spacial score (nSPS) is 11.0. The van der Waals surface area contributed by atoms with Gasteiger partial charge in [0.15, 0.2) is 0 Å². The Morgan fingerprint density at radius 2 is 1.35 bits per heavy atom. The third-order valence-electron chi connectivity index (χ3n) is 3.78. The molecule has 0 aromatic heterocycles. The van der Waals surface area contributed by atoms with E-state index in [4.69, 9.17) is 0 Å². The summed E-state index contributed by atoms with van der Waals surface area (Å²) in [5.41, 5.74) is 2.52. The molecule has 0 saturated heterocycles. The molecule has 0 heteroatoms. The molecule has 4 rings (SSSR count). The molecule has 0 atom stereocenters. The van der Waals surface area contributed by atoms with Gasteiger partial charge in [0.25, 0.3) is 0 Å². The molecule has 0 fully saturated rings. The number of benzene rings is 4. The van der Waals surface area contributed by atoms with E-state index in [0.717, 1.165) is 0 Å². The zero-order valence-electron chi connectivity index (χ0n) is 12.0. The van der Waals surface area contributed by atoms with Gasteiger partial charge in [0.1, 0.15) is 0 Å². The molecule has 0 unspecified atom stereocenters. The van der Waals surface area contributed by atoms with Crippen LogP contribution in [0.5, 0.6) is 0 Å². The lowest BCUT2D eigenvalue weighted by atomic mass is 9.96. The van der Waals surface area contributed by atoms with Crippen molar-refractivity contribution in [2.24, 2.45) is 0 Å². The lowest BCUT2D eigenvalue weighted by Crippen LogP contribution is -1.82. The fourth-order valence-electron chi connectivity index (χ4n) is 2.79. The van der Waals surface area contributed by atoms with Crippen LogP contribution in [0.15, 0.2) is 78.9 Å². The summed E-state index contributed by atoms with van der Waals surface area (Å²) in [5, 5.41) is 5.17. The molecule has 0 nitrogen and oxygen atoms in total. The summed E-state index contributed by atoms with van der Waals surface area (Å²) < 4.78 is 0. The highest BCUT2D eigenvalue weighted by Gasteiger charge is 2.04. The number of hydrogen-bond acceptors (Lipinski definition) is 0. The second kappa shape index (κ2) is 4.50. The zero-order chi connectivity index (χ0) is 13.4. The van der Waals surface area contributed by atoms with Gasteiger partial charge in [-0.1, -0.05) is 66.7 Å². The minimum absolute atomic E-state index is 0. The quantitative estimate of drug-likeness (QED) is 0.389. The van der Waals surface area contributed by atoms with Crippen LogP contribution in [0.2, 0.25) is 0 Å². The molecule has 0 aliphatic heterocycles. The Morgan fingerprint density at radius 1 is 0.650 bits per heavy atom. The summed E-state index contributed by atoms with van der Waals surface area (Å²) in [4.78, 5) is 0. The van der Waals surface area contributed by atoms with Gasteiger partial charge in [-0.15, -0.1) is 0 Å². The van der Waals surface area contributed by atoms with Crippen LogP contribution in [0, 0.1) is 6.07 Å². The molecular formula is C20H14+. The van der Waals surface area contributed by atoms with E-state index >= 15 is 0 Å². The molecular weight excluding hydrogens is 240 g/mol. The summed E-state index contributed by atoms with van der Waals surface area (Å²) >= 11 is 0. The van der Waals surface area contributed by atoms with E-state index in [2.05, 4.69) is 72.8 Å². The highest BCUT2D eigenvalue weighted by atomic mass is 14.1. The molecule has 1 radical (unpaired) electrons. The van der Waals surface area contributed by atoms with E-state index in [1.807, 2.05) is 12.1 Å². The lowest BCUT2D eigenvalue weighted by Gasteiger charge is -2.08. The van der Waals surface area contributed by atoms with Crippen molar-refractivity contribution < 1.29 is 1.43 Å². The van der Waals surface area contributed by atoms with Crippen LogP contribution >= 0.6 is 0 Å². The molecule has 0 N–H and O–H groups in total. The van der Waals surface area contributed by atoms with Crippen molar-refractivity contribution in [2.45, 2.75) is 0 Å². The fraction of sp³-hybridized carbons (Fsp3) is 0. The van der Waals surface area contributed by atoms with Crippen molar-refractivity contribution in [3.63, 3.8) is 0 Å². The molecule has 4 aromatic carbocycles. The maximum atomic E-state index is 3.08. The highest BCUT2D eigenvalue weighted by Crippen LogP contribution is 2.31. The van der Waals surface area contributed by atoms with Crippen molar-refractivity contribution >= 4 is 21.5 Å². The van der Waals surface area contributed by atoms with E-state index in [1.54, 1.807) is 0 Å². The fourth-order valence-corrected chi connectivity index (χ4v) is 2.79. The van der Waals surface area contributed by atoms with E-state index in [1.165, 1.54) is 32.7 Å². The Kier molecular flexibility index (Phi) is 2.53. The Bertz CT molecular complexity index is 895. The van der Waals surface area contributed by atoms with Gasteiger partial charge in [0.2, 0.25) is 0 Å². The summed E-state index contributed by atoms with van der Waals surface area (Å²) in [6.45, 7) is 0. The van der Waals surface area contributed by atoms with Crippen LogP contribution in [0.1, 0.15) is 1.43 Å². The summed E-state index contributed by atoms with van der Waals surface area (Å²) in [6.07, 6.45) is 0. The topological polar surface area (TPSA) is 0 Å². The first-order valence-corrected chi connectivity index (χ1v) is 6.80. The second-order valence-corrected chi connectivity index (χ2v) is 5.01. The van der Waals surface area contributed by atoms with Crippen LogP contribution < -0.4 is 0 Å². The van der Waals surface area contributed by atoms with Crippen LogP contribution in [-0.2, 0) is 0 Å². The predicted molar refractivity (Wildman–Crippen MR) is 86.8 cm³/mol. The first-order valence-electron chi connectivity index (χ1n) is 6.80. The van der Waals surface area contributed by atoms with Crippen molar-refractivity contribution in [1.29, 1.82) is 0 Å².